The van der Waals surface area contributed by atoms with Crippen molar-refractivity contribution in [3.63, 3.8) is 0 Å². The smallest absolute Gasteiger partial charge is 0.213 e. The van der Waals surface area contributed by atoms with Crippen LogP contribution in [0, 0.1) is 0 Å². The molecular weight excluding hydrogens is 731 g/mol. The van der Waals surface area contributed by atoms with Crippen LogP contribution in [-0.2, 0) is 0 Å². The first-order chi connectivity index (χ1) is 29.8. The number of hydrogen-bond acceptors (Lipinski definition) is 1. The third kappa shape index (κ3) is 4.79. The van der Waals surface area contributed by atoms with Crippen LogP contribution in [0.1, 0.15) is 0 Å². The summed E-state index contributed by atoms with van der Waals surface area (Å²) in [6, 6.07) is 76.7. The zero-order valence-electron chi connectivity index (χ0n) is 32.5. The lowest BCUT2D eigenvalue weighted by molar-refractivity contribution is 0.645. The molecule has 0 aliphatic carbocycles. The molecule has 0 N–H and O–H groups in total. The van der Waals surface area contributed by atoms with Crippen LogP contribution >= 0.6 is 0 Å². The highest BCUT2D eigenvalue weighted by molar-refractivity contribution is 6.20. The molecule has 4 heterocycles. The van der Waals surface area contributed by atoms with Crippen LogP contribution in [0.4, 0.5) is 0 Å². The van der Waals surface area contributed by atoms with Gasteiger partial charge in [0.05, 0.1) is 33.0 Å². The number of rotatable bonds is 5. The maximum Gasteiger partial charge on any atom is 0.213 e. The fourth-order valence-corrected chi connectivity index (χ4v) is 9.76. The summed E-state index contributed by atoms with van der Waals surface area (Å²) < 4.78 is 13.6. The van der Waals surface area contributed by atoms with Crippen LogP contribution in [0.3, 0.4) is 0 Å². The summed E-state index contributed by atoms with van der Waals surface area (Å²) >= 11 is 0. The number of furan rings is 1. The summed E-state index contributed by atoms with van der Waals surface area (Å²) in [6.07, 6.45) is 0. The Morgan fingerprint density at radius 1 is 0.267 bits per heavy atom. The molecule has 0 bridgehead atoms. The third-order valence-corrected chi connectivity index (χ3v) is 12.5. The minimum Gasteiger partial charge on any atom is -0.439 e. The van der Waals surface area contributed by atoms with Crippen molar-refractivity contribution in [2.75, 3.05) is 0 Å². The fourth-order valence-electron chi connectivity index (χ4n) is 9.76. The van der Waals surface area contributed by atoms with E-state index < -0.39 is 0 Å². The normalized spacial score (nSPS) is 12.0. The molecule has 0 fully saturated rings. The van der Waals surface area contributed by atoms with Crippen LogP contribution in [0.15, 0.2) is 217 Å². The van der Waals surface area contributed by atoms with Crippen LogP contribution in [0.5, 0.6) is 0 Å². The molecule has 4 heteroatoms. The van der Waals surface area contributed by atoms with Crippen molar-refractivity contribution in [3.8, 4) is 39.3 Å². The molecule has 0 saturated heterocycles. The van der Waals surface area contributed by atoms with Crippen molar-refractivity contribution in [2.24, 2.45) is 0 Å². The Hall–Kier alpha value is -8.08. The van der Waals surface area contributed by atoms with Gasteiger partial charge in [0.15, 0.2) is 0 Å². The van der Waals surface area contributed by atoms with Gasteiger partial charge in [-0.3, -0.25) is 4.57 Å². The van der Waals surface area contributed by atoms with E-state index in [1.807, 2.05) is 6.07 Å². The van der Waals surface area contributed by atoms with Gasteiger partial charge in [-0.05, 0) is 95.1 Å². The molecule has 0 saturated carbocycles. The summed E-state index contributed by atoms with van der Waals surface area (Å²) in [7, 11) is 0. The van der Waals surface area contributed by atoms with E-state index in [0.29, 0.717) is 0 Å². The van der Waals surface area contributed by atoms with E-state index in [4.69, 9.17) is 4.42 Å². The van der Waals surface area contributed by atoms with Crippen LogP contribution < -0.4 is 0 Å². The number of benzene rings is 9. The van der Waals surface area contributed by atoms with Crippen molar-refractivity contribution in [1.82, 2.24) is 13.7 Å². The van der Waals surface area contributed by atoms with Gasteiger partial charge in [0, 0.05) is 49.4 Å². The zero-order chi connectivity index (χ0) is 39.3. The third-order valence-electron chi connectivity index (χ3n) is 12.5. The Labute approximate surface area is 345 Å². The minimum absolute atomic E-state index is 0.872. The molecule has 60 heavy (non-hydrogen) atoms. The van der Waals surface area contributed by atoms with Gasteiger partial charge in [0.2, 0.25) is 5.71 Å². The van der Waals surface area contributed by atoms with Gasteiger partial charge in [-0.25, -0.2) is 0 Å². The molecule has 0 amide bonds. The highest BCUT2D eigenvalue weighted by Gasteiger charge is 2.20. The van der Waals surface area contributed by atoms with Gasteiger partial charge in [0.25, 0.3) is 0 Å². The number of para-hydroxylation sites is 5. The van der Waals surface area contributed by atoms with E-state index in [-0.39, 0.29) is 0 Å². The molecular formula is C56H35N3O. The van der Waals surface area contributed by atoms with Crippen molar-refractivity contribution in [1.29, 1.82) is 0 Å². The van der Waals surface area contributed by atoms with Crippen LogP contribution in [0.2, 0.25) is 0 Å². The summed E-state index contributed by atoms with van der Waals surface area (Å²) in [5.41, 5.74) is 15.8. The summed E-state index contributed by atoms with van der Waals surface area (Å²) in [6.45, 7) is 0. The monoisotopic (exact) mass is 765 g/mol. The van der Waals surface area contributed by atoms with Gasteiger partial charge in [0.1, 0.15) is 5.58 Å². The predicted molar refractivity (Wildman–Crippen MR) is 250 cm³/mol. The Bertz CT molecular complexity index is 3770. The maximum atomic E-state index is 6.53. The number of hydrogen-bond donors (Lipinski definition) is 0. The molecule has 0 aliphatic heterocycles. The van der Waals surface area contributed by atoms with Gasteiger partial charge in [-0.1, -0.05) is 140 Å². The van der Waals surface area contributed by atoms with Crippen molar-refractivity contribution < 1.29 is 4.42 Å². The van der Waals surface area contributed by atoms with E-state index in [1.165, 1.54) is 65.7 Å². The van der Waals surface area contributed by atoms with E-state index in [0.717, 1.165) is 50.2 Å². The number of aromatic nitrogens is 3. The summed E-state index contributed by atoms with van der Waals surface area (Å²) in [5, 5.41) is 8.48. The maximum absolute atomic E-state index is 6.53. The Morgan fingerprint density at radius 3 is 1.47 bits per heavy atom. The first kappa shape index (κ1) is 32.9. The van der Waals surface area contributed by atoms with Crippen molar-refractivity contribution in [3.05, 3.63) is 212 Å². The minimum atomic E-state index is 0.872. The van der Waals surface area contributed by atoms with E-state index >= 15 is 0 Å². The zero-order valence-corrected chi connectivity index (χ0v) is 32.5. The van der Waals surface area contributed by atoms with Crippen molar-refractivity contribution >= 4 is 76.6 Å². The Balaban J connectivity index is 0.897. The summed E-state index contributed by atoms with van der Waals surface area (Å²) in [4.78, 5) is 0. The molecule has 9 aromatic carbocycles. The molecule has 13 aromatic rings. The molecule has 0 radical (unpaired) electrons. The molecule has 13 rings (SSSR count). The largest absolute Gasteiger partial charge is 0.439 e. The van der Waals surface area contributed by atoms with E-state index in [1.54, 1.807) is 0 Å². The van der Waals surface area contributed by atoms with Crippen molar-refractivity contribution in [2.45, 2.75) is 0 Å². The number of nitrogens with zero attached hydrogens (tertiary/aromatic N) is 3. The first-order valence-corrected chi connectivity index (χ1v) is 20.5. The van der Waals surface area contributed by atoms with Gasteiger partial charge >= 0.3 is 0 Å². The average Bonchev–Trinajstić information content (AvgIpc) is 4.05. The Morgan fingerprint density at radius 2 is 0.783 bits per heavy atom. The summed E-state index contributed by atoms with van der Waals surface area (Å²) in [5.74, 6) is 0. The number of fused-ring (bicyclic) bond motifs is 11. The highest BCUT2D eigenvalue weighted by Crippen LogP contribution is 2.41. The van der Waals surface area contributed by atoms with Gasteiger partial charge < -0.3 is 13.6 Å². The second-order valence-corrected chi connectivity index (χ2v) is 15.7. The van der Waals surface area contributed by atoms with Gasteiger partial charge in [-0.2, -0.15) is 0 Å². The molecule has 0 unspecified atom stereocenters. The first-order valence-electron chi connectivity index (χ1n) is 20.5. The highest BCUT2D eigenvalue weighted by atomic mass is 16.3. The molecule has 0 aliphatic rings. The fraction of sp³-hybridized carbons (Fsp3) is 0. The quantitative estimate of drug-likeness (QED) is 0.171. The standard InChI is InChI=1S/C56H35N3O/c1-2-14-40(15-3-1)59-53-34-39(29-31-46(53)55-47-20-7-11-24-54(47)60-56(55)59)37-27-25-36(26-28-37)38-13-12-16-41(33-38)57-51-23-10-6-19-45(51)48-35-42(30-32-52(48)57)58-49-21-8-4-17-43(49)44-18-5-9-22-50(44)58/h1-35H. The average molecular weight is 766 g/mol. The van der Waals surface area contributed by atoms with Crippen LogP contribution in [0.25, 0.3) is 116 Å². The van der Waals surface area contributed by atoms with E-state index in [9.17, 15) is 0 Å². The molecule has 280 valence electrons. The molecule has 4 aromatic heterocycles. The van der Waals surface area contributed by atoms with Gasteiger partial charge in [-0.15, -0.1) is 0 Å². The van der Waals surface area contributed by atoms with E-state index in [2.05, 4.69) is 220 Å². The van der Waals surface area contributed by atoms with Crippen LogP contribution in [-0.4, -0.2) is 13.7 Å². The predicted octanol–water partition coefficient (Wildman–Crippen LogP) is 15.1. The lowest BCUT2D eigenvalue weighted by atomic mass is 9.99. The second-order valence-electron chi connectivity index (χ2n) is 15.7. The Kier molecular flexibility index (Phi) is 6.98. The molecule has 0 spiro atoms. The topological polar surface area (TPSA) is 27.9 Å². The lowest BCUT2D eigenvalue weighted by Gasteiger charge is -2.12. The SMILES string of the molecule is c1ccc(-n2c3cc(-c4ccc(-c5cccc(-n6c7ccccc7c7cc(-n8c9ccccc9c9ccccc98)ccc76)c5)cc4)ccc3c3c4ccccc4oc32)cc1. The second kappa shape index (κ2) is 12.7. The lowest BCUT2D eigenvalue weighted by Crippen LogP contribution is -1.96. The molecule has 0 atom stereocenters. The molecule has 4 nitrogen and oxygen atoms in total.